The molecule has 0 spiro atoms. The van der Waals surface area contributed by atoms with Crippen LogP contribution in [0.5, 0.6) is 0 Å². The fraction of sp³-hybridized carbons (Fsp3) is 0.571. The first kappa shape index (κ1) is 17.5. The van der Waals surface area contributed by atoms with Gasteiger partial charge in [-0.2, -0.15) is 0 Å². The van der Waals surface area contributed by atoms with Gasteiger partial charge in [-0.25, -0.2) is 18.4 Å². The van der Waals surface area contributed by atoms with E-state index in [1.807, 2.05) is 6.92 Å². The molecule has 0 aliphatic carbocycles. The molecule has 122 valence electrons. The number of nitrogens with zero attached hydrogens (tertiary/aromatic N) is 2. The van der Waals surface area contributed by atoms with E-state index in [2.05, 4.69) is 23.8 Å². The summed E-state index contributed by atoms with van der Waals surface area (Å²) in [7, 11) is -3.25. The minimum Gasteiger partial charge on any atom is -0.371 e. The van der Waals surface area contributed by atoms with E-state index in [1.165, 1.54) is 22.7 Å². The van der Waals surface area contributed by atoms with Crippen molar-refractivity contribution in [3.05, 3.63) is 32.7 Å². The maximum atomic E-state index is 12.2. The van der Waals surface area contributed by atoms with Gasteiger partial charge in [-0.15, -0.1) is 22.7 Å². The van der Waals surface area contributed by atoms with Gasteiger partial charge in [-0.3, -0.25) is 0 Å². The molecular formula is C14H20N2O3S3. The fourth-order valence-electron chi connectivity index (χ4n) is 1.79. The van der Waals surface area contributed by atoms with Crippen molar-refractivity contribution >= 4 is 32.5 Å². The van der Waals surface area contributed by atoms with E-state index in [-0.39, 0.29) is 17.6 Å². The fourth-order valence-corrected chi connectivity index (χ4v) is 4.70. The predicted molar refractivity (Wildman–Crippen MR) is 89.8 cm³/mol. The highest BCUT2D eigenvalue weighted by Crippen LogP contribution is 2.23. The molecule has 2 rings (SSSR count). The number of rotatable bonds is 8. The molecule has 5 nitrogen and oxygen atoms in total. The molecule has 2 heterocycles. The third-order valence-electron chi connectivity index (χ3n) is 2.82. The van der Waals surface area contributed by atoms with Crippen LogP contribution in [-0.4, -0.2) is 25.0 Å². The van der Waals surface area contributed by atoms with Crippen LogP contribution in [0.2, 0.25) is 0 Å². The van der Waals surface area contributed by atoms with Gasteiger partial charge in [0.15, 0.2) is 9.84 Å². The summed E-state index contributed by atoms with van der Waals surface area (Å²) in [6, 6.07) is 0. The van der Waals surface area contributed by atoms with Gasteiger partial charge in [-0.05, 0) is 12.8 Å². The summed E-state index contributed by atoms with van der Waals surface area (Å²) < 4.78 is 30.0. The summed E-state index contributed by atoms with van der Waals surface area (Å²) in [6.45, 7) is 6.78. The Balaban J connectivity index is 1.96. The SMILES string of the molecule is CC(C)COC(C)c1nc(CS(=O)(=O)Cc2cscn2)cs1. The number of hydrogen-bond donors (Lipinski definition) is 0. The third kappa shape index (κ3) is 5.42. The van der Waals surface area contributed by atoms with Crippen molar-refractivity contribution in [1.29, 1.82) is 0 Å². The molecule has 0 aromatic carbocycles. The monoisotopic (exact) mass is 360 g/mol. The highest BCUT2D eigenvalue weighted by molar-refractivity contribution is 7.89. The smallest absolute Gasteiger partial charge is 0.161 e. The molecule has 0 saturated carbocycles. The van der Waals surface area contributed by atoms with Crippen molar-refractivity contribution in [2.75, 3.05) is 6.61 Å². The minimum absolute atomic E-state index is 0.0389. The lowest BCUT2D eigenvalue weighted by Gasteiger charge is -2.12. The average molecular weight is 361 g/mol. The van der Waals surface area contributed by atoms with Gasteiger partial charge in [-0.1, -0.05) is 13.8 Å². The molecule has 0 N–H and O–H groups in total. The first-order valence-electron chi connectivity index (χ1n) is 6.99. The Bertz CT molecular complexity index is 678. The largest absolute Gasteiger partial charge is 0.371 e. The summed E-state index contributed by atoms with van der Waals surface area (Å²) in [5, 5.41) is 4.37. The van der Waals surface area contributed by atoms with E-state index in [0.29, 0.717) is 23.9 Å². The van der Waals surface area contributed by atoms with Crippen LogP contribution in [0.15, 0.2) is 16.3 Å². The Labute approximate surface area is 139 Å². The molecule has 0 amide bonds. The molecule has 0 aliphatic rings. The highest BCUT2D eigenvalue weighted by Gasteiger charge is 2.18. The van der Waals surface area contributed by atoms with E-state index in [1.54, 1.807) is 16.3 Å². The van der Waals surface area contributed by atoms with Gasteiger partial charge < -0.3 is 4.74 Å². The zero-order chi connectivity index (χ0) is 16.2. The number of ether oxygens (including phenoxy) is 1. The molecule has 0 aliphatic heterocycles. The van der Waals surface area contributed by atoms with Crippen LogP contribution in [0.4, 0.5) is 0 Å². The maximum Gasteiger partial charge on any atom is 0.161 e. The third-order valence-corrected chi connectivity index (χ3v) is 5.98. The maximum absolute atomic E-state index is 12.2. The van der Waals surface area contributed by atoms with Crippen molar-refractivity contribution in [2.24, 2.45) is 5.92 Å². The van der Waals surface area contributed by atoms with E-state index in [9.17, 15) is 8.42 Å². The molecule has 0 saturated heterocycles. The van der Waals surface area contributed by atoms with E-state index in [0.717, 1.165) is 5.01 Å². The number of thiazole rings is 2. The molecule has 0 fully saturated rings. The average Bonchev–Trinajstić information content (AvgIpc) is 3.06. The van der Waals surface area contributed by atoms with Gasteiger partial charge in [0.05, 0.1) is 28.4 Å². The summed E-state index contributed by atoms with van der Waals surface area (Å²) in [5.41, 5.74) is 2.81. The van der Waals surface area contributed by atoms with E-state index in [4.69, 9.17) is 4.74 Å². The molecule has 1 atom stereocenters. The van der Waals surface area contributed by atoms with Crippen LogP contribution >= 0.6 is 22.7 Å². The Morgan fingerprint density at radius 2 is 1.91 bits per heavy atom. The summed E-state index contributed by atoms with van der Waals surface area (Å²) in [5.74, 6) is 0.362. The van der Waals surface area contributed by atoms with Crippen molar-refractivity contribution in [1.82, 2.24) is 9.97 Å². The number of sulfone groups is 1. The molecule has 0 bridgehead atoms. The topological polar surface area (TPSA) is 69.2 Å². The van der Waals surface area contributed by atoms with Gasteiger partial charge in [0.25, 0.3) is 0 Å². The second kappa shape index (κ2) is 7.63. The summed E-state index contributed by atoms with van der Waals surface area (Å²) in [4.78, 5) is 8.42. The van der Waals surface area contributed by atoms with Gasteiger partial charge >= 0.3 is 0 Å². The van der Waals surface area contributed by atoms with Gasteiger partial charge in [0.2, 0.25) is 0 Å². The predicted octanol–water partition coefficient (Wildman–Crippen LogP) is 3.45. The van der Waals surface area contributed by atoms with Crippen molar-refractivity contribution < 1.29 is 13.2 Å². The first-order valence-corrected chi connectivity index (χ1v) is 10.6. The molecule has 8 heteroatoms. The standard InChI is InChI=1S/C14H20N2O3S3/c1-10(2)4-19-11(3)14-16-13(6-21-14)8-22(17,18)7-12-5-20-9-15-12/h5-6,9-11H,4,7-8H2,1-3H3. The van der Waals surface area contributed by atoms with Crippen molar-refractivity contribution in [3.63, 3.8) is 0 Å². The summed E-state index contributed by atoms with van der Waals surface area (Å²) in [6.07, 6.45) is -0.109. The first-order chi connectivity index (χ1) is 10.4. The van der Waals surface area contributed by atoms with Crippen LogP contribution in [0.1, 0.15) is 43.3 Å². The zero-order valence-corrected chi connectivity index (χ0v) is 15.3. The zero-order valence-electron chi connectivity index (χ0n) is 12.9. The second-order valence-electron chi connectivity index (χ2n) is 5.56. The van der Waals surface area contributed by atoms with Crippen molar-refractivity contribution in [3.8, 4) is 0 Å². The molecule has 22 heavy (non-hydrogen) atoms. The van der Waals surface area contributed by atoms with Crippen LogP contribution in [0.25, 0.3) is 0 Å². The minimum atomic E-state index is -3.25. The lowest BCUT2D eigenvalue weighted by molar-refractivity contribution is 0.0467. The lowest BCUT2D eigenvalue weighted by atomic mass is 10.2. The molecule has 2 aromatic rings. The Morgan fingerprint density at radius 3 is 2.55 bits per heavy atom. The highest BCUT2D eigenvalue weighted by atomic mass is 32.2. The van der Waals surface area contributed by atoms with E-state index >= 15 is 0 Å². The van der Waals surface area contributed by atoms with Gasteiger partial charge in [0, 0.05) is 17.4 Å². The Hall–Kier alpha value is -0.830. The summed E-state index contributed by atoms with van der Waals surface area (Å²) >= 11 is 2.84. The molecule has 2 aromatic heterocycles. The van der Waals surface area contributed by atoms with Crippen LogP contribution in [0.3, 0.4) is 0 Å². The normalized spacial score (nSPS) is 13.6. The van der Waals surface area contributed by atoms with Crippen LogP contribution in [0, 0.1) is 5.92 Å². The molecule has 1 unspecified atom stereocenters. The second-order valence-corrected chi connectivity index (χ2v) is 9.23. The van der Waals surface area contributed by atoms with Gasteiger partial charge in [0.1, 0.15) is 11.1 Å². The van der Waals surface area contributed by atoms with Crippen LogP contribution in [-0.2, 0) is 26.1 Å². The Kier molecular flexibility index (Phi) is 6.08. The van der Waals surface area contributed by atoms with E-state index < -0.39 is 9.84 Å². The molecular weight excluding hydrogens is 340 g/mol. The lowest BCUT2D eigenvalue weighted by Crippen LogP contribution is -2.09. The Morgan fingerprint density at radius 1 is 1.18 bits per heavy atom. The van der Waals surface area contributed by atoms with Crippen LogP contribution < -0.4 is 0 Å². The number of aromatic nitrogens is 2. The number of hydrogen-bond acceptors (Lipinski definition) is 7. The molecule has 0 radical (unpaired) electrons. The quantitative estimate of drug-likeness (QED) is 0.721. The van der Waals surface area contributed by atoms with Crippen molar-refractivity contribution in [2.45, 2.75) is 38.4 Å².